The Morgan fingerprint density at radius 2 is 1.92 bits per heavy atom. The fraction of sp³-hybridized carbons (Fsp3) is 0.300. The molecule has 2 rings (SSSR count). The summed E-state index contributed by atoms with van der Waals surface area (Å²) in [5.74, 6) is 2.55. The van der Waals surface area contributed by atoms with Crippen molar-refractivity contribution in [3.63, 3.8) is 0 Å². The van der Waals surface area contributed by atoms with Crippen molar-refractivity contribution >= 4 is 5.57 Å². The molecule has 4 heteroatoms. The number of H-pyrrole nitrogens is 1. The van der Waals surface area contributed by atoms with Gasteiger partial charge in [0.1, 0.15) is 11.6 Å². The van der Waals surface area contributed by atoms with E-state index in [4.69, 9.17) is 4.74 Å². The molecule has 126 valence electrons. The molecule has 0 atom stereocenters. The highest BCUT2D eigenvalue weighted by atomic mass is 16.5. The molecular weight excluding hydrogens is 298 g/mol. The number of nitrogens with zero attached hydrogens (tertiary/aromatic N) is 2. The summed E-state index contributed by atoms with van der Waals surface area (Å²) in [7, 11) is 1.69. The van der Waals surface area contributed by atoms with Crippen LogP contribution in [-0.4, -0.2) is 22.3 Å². The third kappa shape index (κ3) is 5.23. The lowest BCUT2D eigenvalue weighted by Crippen LogP contribution is -1.92. The molecule has 0 amide bonds. The molecule has 0 aliphatic rings. The monoisotopic (exact) mass is 323 g/mol. The SMILES string of the molecule is C=CC(=C)/C=C(\C)c1n[nH]c(CCCCc2ccc(OC)cc2)n1. The molecule has 1 heterocycles. The summed E-state index contributed by atoms with van der Waals surface area (Å²) in [6.07, 6.45) is 7.80. The van der Waals surface area contributed by atoms with Crippen LogP contribution in [0.1, 0.15) is 37.0 Å². The number of hydrogen-bond acceptors (Lipinski definition) is 3. The first-order chi connectivity index (χ1) is 11.6. The maximum atomic E-state index is 5.17. The number of methoxy groups -OCH3 is 1. The Morgan fingerprint density at radius 1 is 1.21 bits per heavy atom. The number of aromatic amines is 1. The first-order valence-electron chi connectivity index (χ1n) is 8.16. The first-order valence-corrected chi connectivity index (χ1v) is 8.16. The first kappa shape index (κ1) is 17.7. The van der Waals surface area contributed by atoms with Gasteiger partial charge in [0.15, 0.2) is 5.82 Å². The molecule has 4 nitrogen and oxygen atoms in total. The van der Waals surface area contributed by atoms with Gasteiger partial charge in [0, 0.05) is 6.42 Å². The van der Waals surface area contributed by atoms with Crippen LogP contribution in [0.15, 0.2) is 55.1 Å². The van der Waals surface area contributed by atoms with E-state index >= 15 is 0 Å². The summed E-state index contributed by atoms with van der Waals surface area (Å²) in [4.78, 5) is 4.54. The minimum Gasteiger partial charge on any atom is -0.497 e. The molecular formula is C20H25N3O. The van der Waals surface area contributed by atoms with Crippen LogP contribution < -0.4 is 4.74 Å². The maximum absolute atomic E-state index is 5.17. The van der Waals surface area contributed by atoms with Crippen LogP contribution in [0, 0.1) is 0 Å². The van der Waals surface area contributed by atoms with Gasteiger partial charge in [0.2, 0.25) is 0 Å². The molecule has 1 aromatic heterocycles. The molecule has 2 aromatic rings. The van der Waals surface area contributed by atoms with Crippen molar-refractivity contribution in [1.82, 2.24) is 15.2 Å². The van der Waals surface area contributed by atoms with E-state index in [9.17, 15) is 0 Å². The van der Waals surface area contributed by atoms with E-state index in [0.29, 0.717) is 0 Å². The Bertz CT molecular complexity index is 711. The maximum Gasteiger partial charge on any atom is 0.176 e. The zero-order chi connectivity index (χ0) is 17.4. The molecule has 0 bridgehead atoms. The number of unbranched alkanes of at least 4 members (excludes halogenated alkanes) is 1. The number of allylic oxidation sites excluding steroid dienone is 4. The third-order valence-electron chi connectivity index (χ3n) is 3.84. The second-order valence-corrected chi connectivity index (χ2v) is 5.77. The van der Waals surface area contributed by atoms with Crippen LogP contribution in [0.4, 0.5) is 0 Å². The zero-order valence-electron chi connectivity index (χ0n) is 14.5. The zero-order valence-corrected chi connectivity index (χ0v) is 14.5. The van der Waals surface area contributed by atoms with Crippen molar-refractivity contribution in [2.24, 2.45) is 0 Å². The van der Waals surface area contributed by atoms with Crippen molar-refractivity contribution < 1.29 is 4.74 Å². The minimum absolute atomic E-state index is 0.725. The lowest BCUT2D eigenvalue weighted by Gasteiger charge is -2.03. The van der Waals surface area contributed by atoms with Gasteiger partial charge in [0.25, 0.3) is 0 Å². The summed E-state index contributed by atoms with van der Waals surface area (Å²) in [6, 6.07) is 8.24. The van der Waals surface area contributed by atoms with Crippen molar-refractivity contribution in [2.45, 2.75) is 32.6 Å². The lowest BCUT2D eigenvalue weighted by molar-refractivity contribution is 0.414. The van der Waals surface area contributed by atoms with Gasteiger partial charge in [-0.3, -0.25) is 5.10 Å². The molecule has 1 aromatic carbocycles. The Labute approximate surface area is 144 Å². The fourth-order valence-corrected chi connectivity index (χ4v) is 2.40. The smallest absolute Gasteiger partial charge is 0.176 e. The highest BCUT2D eigenvalue weighted by molar-refractivity contribution is 5.61. The van der Waals surface area contributed by atoms with Gasteiger partial charge in [-0.25, -0.2) is 4.98 Å². The molecule has 0 fully saturated rings. The van der Waals surface area contributed by atoms with E-state index in [-0.39, 0.29) is 0 Å². The molecule has 0 saturated heterocycles. The average Bonchev–Trinajstić information content (AvgIpc) is 3.08. The predicted molar refractivity (Wildman–Crippen MR) is 99.0 cm³/mol. The standard InChI is InChI=1S/C20H25N3O/c1-5-15(2)14-16(3)20-21-19(22-23-20)9-7-6-8-17-10-12-18(24-4)13-11-17/h5,10-14H,1-2,6-9H2,3-4H3,(H,21,22,23)/b16-14+. The number of aryl methyl sites for hydroxylation is 2. The third-order valence-corrected chi connectivity index (χ3v) is 3.84. The molecule has 24 heavy (non-hydrogen) atoms. The van der Waals surface area contributed by atoms with Crippen LogP contribution in [0.25, 0.3) is 5.57 Å². The molecule has 0 aliphatic carbocycles. The van der Waals surface area contributed by atoms with Crippen LogP contribution >= 0.6 is 0 Å². The molecule has 1 N–H and O–H groups in total. The van der Waals surface area contributed by atoms with E-state index in [1.165, 1.54) is 5.56 Å². The normalized spacial score (nSPS) is 11.3. The van der Waals surface area contributed by atoms with Gasteiger partial charge in [-0.15, -0.1) is 0 Å². The number of hydrogen-bond donors (Lipinski definition) is 1. The van der Waals surface area contributed by atoms with Gasteiger partial charge in [-0.1, -0.05) is 31.4 Å². The summed E-state index contributed by atoms with van der Waals surface area (Å²) in [6.45, 7) is 9.55. The van der Waals surface area contributed by atoms with Crippen molar-refractivity contribution in [3.8, 4) is 5.75 Å². The summed E-state index contributed by atoms with van der Waals surface area (Å²) < 4.78 is 5.17. The number of rotatable bonds is 9. The highest BCUT2D eigenvalue weighted by Crippen LogP contribution is 2.15. The lowest BCUT2D eigenvalue weighted by atomic mass is 10.1. The fourth-order valence-electron chi connectivity index (χ4n) is 2.40. The summed E-state index contributed by atoms with van der Waals surface area (Å²) in [5, 5.41) is 7.28. The van der Waals surface area contributed by atoms with Gasteiger partial charge in [-0.2, -0.15) is 5.10 Å². The highest BCUT2D eigenvalue weighted by Gasteiger charge is 2.05. The summed E-state index contributed by atoms with van der Waals surface area (Å²) >= 11 is 0. The predicted octanol–water partition coefficient (Wildman–Crippen LogP) is 4.52. The van der Waals surface area contributed by atoms with Gasteiger partial charge in [0.05, 0.1) is 7.11 Å². The number of ether oxygens (including phenoxy) is 1. The van der Waals surface area contributed by atoms with Gasteiger partial charge < -0.3 is 4.74 Å². The summed E-state index contributed by atoms with van der Waals surface area (Å²) in [5.41, 5.74) is 3.18. The molecule has 0 radical (unpaired) electrons. The number of benzene rings is 1. The molecule has 0 aliphatic heterocycles. The number of aromatic nitrogens is 3. The largest absolute Gasteiger partial charge is 0.497 e. The van der Waals surface area contributed by atoms with E-state index in [1.807, 2.05) is 25.1 Å². The van der Waals surface area contributed by atoms with Crippen LogP contribution in [0.3, 0.4) is 0 Å². The van der Waals surface area contributed by atoms with E-state index in [2.05, 4.69) is 40.5 Å². The van der Waals surface area contributed by atoms with Gasteiger partial charge >= 0.3 is 0 Å². The Kier molecular flexibility index (Phi) is 6.55. The second kappa shape index (κ2) is 8.87. The van der Waals surface area contributed by atoms with Crippen molar-refractivity contribution in [2.75, 3.05) is 7.11 Å². The van der Waals surface area contributed by atoms with Crippen LogP contribution in [-0.2, 0) is 12.8 Å². The Morgan fingerprint density at radius 3 is 2.58 bits per heavy atom. The van der Waals surface area contributed by atoms with Crippen molar-refractivity contribution in [3.05, 3.63) is 72.4 Å². The molecule has 0 saturated carbocycles. The van der Waals surface area contributed by atoms with E-state index in [0.717, 1.165) is 54.2 Å². The van der Waals surface area contributed by atoms with E-state index < -0.39 is 0 Å². The topological polar surface area (TPSA) is 50.8 Å². The Hall–Kier alpha value is -2.62. The minimum atomic E-state index is 0.725. The van der Waals surface area contributed by atoms with Gasteiger partial charge in [-0.05, 0) is 61.1 Å². The Balaban J connectivity index is 1.79. The van der Waals surface area contributed by atoms with Crippen LogP contribution in [0.5, 0.6) is 5.75 Å². The second-order valence-electron chi connectivity index (χ2n) is 5.77. The average molecular weight is 323 g/mol. The number of nitrogens with one attached hydrogen (secondary N) is 1. The molecule has 0 spiro atoms. The quantitative estimate of drug-likeness (QED) is 0.545. The van der Waals surface area contributed by atoms with Crippen molar-refractivity contribution in [1.29, 1.82) is 0 Å². The van der Waals surface area contributed by atoms with E-state index in [1.54, 1.807) is 13.2 Å². The molecule has 0 unspecified atom stereocenters. The van der Waals surface area contributed by atoms with Crippen LogP contribution in [0.2, 0.25) is 0 Å².